The van der Waals surface area contributed by atoms with Gasteiger partial charge < -0.3 is 0 Å². The van der Waals surface area contributed by atoms with Gasteiger partial charge in [-0.3, -0.25) is 0 Å². The van der Waals surface area contributed by atoms with Crippen LogP contribution in [0.25, 0.3) is 0 Å². The molecule has 0 aromatic carbocycles. The fourth-order valence-corrected chi connectivity index (χ4v) is 1.71. The zero-order valence-electron chi connectivity index (χ0n) is 12.1. The van der Waals surface area contributed by atoms with Gasteiger partial charge in [-0.15, -0.1) is 0 Å². The topological polar surface area (TPSA) is 167 Å². The summed E-state index contributed by atoms with van der Waals surface area (Å²) in [5, 5.41) is 61.9. The van der Waals surface area contributed by atoms with E-state index < -0.39 is 22.9 Å². The van der Waals surface area contributed by atoms with E-state index in [1.54, 1.807) is 50.3 Å². The summed E-state index contributed by atoms with van der Waals surface area (Å²) in [5.74, 6) is 0. The average molecular weight is 292 g/mol. The molecular formula is C14H12N8. The van der Waals surface area contributed by atoms with Crippen molar-refractivity contribution in [3.63, 3.8) is 0 Å². The summed E-state index contributed by atoms with van der Waals surface area (Å²) in [6.45, 7) is 3.25. The van der Waals surface area contributed by atoms with Crippen molar-refractivity contribution in [2.75, 3.05) is 0 Å². The zero-order valence-corrected chi connectivity index (χ0v) is 12.1. The van der Waals surface area contributed by atoms with Crippen molar-refractivity contribution in [3.8, 4) is 36.4 Å². The van der Waals surface area contributed by atoms with Crippen molar-refractivity contribution >= 4 is 0 Å². The quantitative estimate of drug-likeness (QED) is 0.679. The molecule has 0 aromatic rings. The Morgan fingerprint density at radius 2 is 0.864 bits per heavy atom. The maximum absolute atomic E-state index is 9.05. The van der Waals surface area contributed by atoms with Crippen molar-refractivity contribution in [2.45, 2.75) is 38.8 Å². The van der Waals surface area contributed by atoms with Gasteiger partial charge in [-0.1, -0.05) is 13.8 Å². The van der Waals surface area contributed by atoms with Crippen molar-refractivity contribution in [1.82, 2.24) is 0 Å². The molecule has 108 valence electrons. The van der Waals surface area contributed by atoms with Gasteiger partial charge in [-0.25, -0.2) is 0 Å². The summed E-state index contributed by atoms with van der Waals surface area (Å²) in [5.41, 5.74) is -3.99. The predicted molar refractivity (Wildman–Crippen MR) is 71.6 cm³/mol. The van der Waals surface area contributed by atoms with Gasteiger partial charge in [-0.2, -0.15) is 41.8 Å². The lowest BCUT2D eigenvalue weighted by molar-refractivity contribution is 0.419. The van der Waals surface area contributed by atoms with Crippen molar-refractivity contribution in [2.24, 2.45) is 21.1 Å². The van der Waals surface area contributed by atoms with E-state index >= 15 is 0 Å². The van der Waals surface area contributed by atoms with Crippen LogP contribution < -0.4 is 0 Å². The van der Waals surface area contributed by atoms with Crippen molar-refractivity contribution < 1.29 is 0 Å². The van der Waals surface area contributed by atoms with Crippen LogP contribution in [0.15, 0.2) is 10.2 Å². The lowest BCUT2D eigenvalue weighted by Crippen LogP contribution is -2.32. The Kier molecular flexibility index (Phi) is 6.71. The molecule has 22 heavy (non-hydrogen) atoms. The van der Waals surface area contributed by atoms with E-state index in [2.05, 4.69) is 10.2 Å². The van der Waals surface area contributed by atoms with Gasteiger partial charge in [0.25, 0.3) is 10.8 Å². The van der Waals surface area contributed by atoms with Gasteiger partial charge in [0, 0.05) is 0 Å². The van der Waals surface area contributed by atoms with Crippen LogP contribution in [0, 0.1) is 78.8 Å². The van der Waals surface area contributed by atoms with Crippen LogP contribution in [-0.4, -0.2) is 12.1 Å². The molecule has 0 aliphatic carbocycles. The second-order valence-electron chi connectivity index (χ2n) is 4.37. The highest BCUT2D eigenvalue weighted by molar-refractivity contribution is 5.31. The minimum absolute atomic E-state index is 0.188. The van der Waals surface area contributed by atoms with E-state index in [0.717, 1.165) is 0 Å². The fourth-order valence-electron chi connectivity index (χ4n) is 1.71. The van der Waals surface area contributed by atoms with Crippen LogP contribution in [0.1, 0.15) is 26.7 Å². The molecule has 0 spiro atoms. The molecule has 0 saturated carbocycles. The molecule has 8 nitrogen and oxygen atoms in total. The summed E-state index contributed by atoms with van der Waals surface area (Å²) in [6, 6.07) is 7.64. The minimum atomic E-state index is -1.99. The maximum Gasteiger partial charge on any atom is 0.252 e. The predicted octanol–water partition coefficient (Wildman–Crippen LogP) is 2.11. The molecule has 0 saturated heterocycles. The minimum Gasteiger partial charge on any atom is -0.195 e. The van der Waals surface area contributed by atoms with Crippen molar-refractivity contribution in [3.05, 3.63) is 0 Å². The van der Waals surface area contributed by atoms with Gasteiger partial charge in [0.15, 0.2) is 0 Å². The maximum atomic E-state index is 9.05. The van der Waals surface area contributed by atoms with Gasteiger partial charge >= 0.3 is 0 Å². The Morgan fingerprint density at radius 3 is 1.00 bits per heavy atom. The smallest absolute Gasteiger partial charge is 0.195 e. The second kappa shape index (κ2) is 7.97. The van der Waals surface area contributed by atoms with Crippen LogP contribution in [0.2, 0.25) is 0 Å². The molecule has 0 aliphatic rings. The Morgan fingerprint density at radius 1 is 0.636 bits per heavy atom. The van der Waals surface area contributed by atoms with Crippen LogP contribution in [0.3, 0.4) is 0 Å². The molecule has 0 fully saturated rings. The first-order valence-corrected chi connectivity index (χ1v) is 6.37. The number of nitriles is 6. The van der Waals surface area contributed by atoms with Gasteiger partial charge in [0.05, 0.1) is 0 Å². The molecule has 2 unspecified atom stereocenters. The third-order valence-electron chi connectivity index (χ3n) is 3.18. The standard InChI is InChI=1S/C14H12N8/c1-3-11(13(5-15,6-16)7-17)21-22-12(4-2)14(8-18,9-19)10-20/h11-12H,3-4H2,1-2H3. The summed E-state index contributed by atoms with van der Waals surface area (Å²) in [4.78, 5) is 0. The van der Waals surface area contributed by atoms with E-state index in [0.29, 0.717) is 0 Å². The highest BCUT2D eigenvalue weighted by atomic mass is 15.2. The normalized spacial score (nSPS) is 13.5. The zero-order chi connectivity index (χ0) is 17.2. The van der Waals surface area contributed by atoms with Crippen molar-refractivity contribution in [1.29, 1.82) is 31.6 Å². The summed E-state index contributed by atoms with van der Waals surface area (Å²) in [7, 11) is 0. The third kappa shape index (κ3) is 3.16. The second-order valence-corrected chi connectivity index (χ2v) is 4.37. The number of azo groups is 1. The first kappa shape index (κ1) is 18.5. The first-order valence-electron chi connectivity index (χ1n) is 6.37. The molecule has 2 atom stereocenters. The number of rotatable bonds is 6. The van der Waals surface area contributed by atoms with Gasteiger partial charge in [-0.05, 0) is 12.8 Å². The summed E-state index contributed by atoms with van der Waals surface area (Å²) in [6.07, 6.45) is 0.376. The number of hydrogen-bond acceptors (Lipinski definition) is 8. The fraction of sp³-hybridized carbons (Fsp3) is 0.571. The molecule has 0 radical (unpaired) electrons. The van der Waals surface area contributed by atoms with Crippen LogP contribution in [-0.2, 0) is 0 Å². The Bertz CT molecular complexity index is 547. The summed E-state index contributed by atoms with van der Waals surface area (Å²) < 4.78 is 0. The molecule has 0 heterocycles. The highest BCUT2D eigenvalue weighted by Crippen LogP contribution is 2.29. The van der Waals surface area contributed by atoms with Gasteiger partial charge in [0.2, 0.25) is 0 Å². The van der Waals surface area contributed by atoms with E-state index in [1.807, 2.05) is 0 Å². The Balaban J connectivity index is 5.77. The molecule has 0 N–H and O–H groups in total. The molecule has 0 amide bonds. The lowest BCUT2D eigenvalue weighted by Gasteiger charge is -2.20. The van der Waals surface area contributed by atoms with Crippen LogP contribution in [0.4, 0.5) is 0 Å². The van der Waals surface area contributed by atoms with E-state index in [-0.39, 0.29) is 12.8 Å². The summed E-state index contributed by atoms with van der Waals surface area (Å²) >= 11 is 0. The molecule has 0 bridgehead atoms. The molecule has 0 aromatic heterocycles. The third-order valence-corrected chi connectivity index (χ3v) is 3.18. The molecule has 0 rings (SSSR count). The monoisotopic (exact) mass is 292 g/mol. The lowest BCUT2D eigenvalue weighted by atomic mass is 9.83. The number of hydrogen-bond donors (Lipinski definition) is 0. The number of nitrogens with zero attached hydrogens (tertiary/aromatic N) is 8. The Labute approximate surface area is 128 Å². The largest absolute Gasteiger partial charge is 0.252 e. The molecule has 0 aliphatic heterocycles. The van der Waals surface area contributed by atoms with Gasteiger partial charge in [0.1, 0.15) is 48.5 Å². The highest BCUT2D eigenvalue weighted by Gasteiger charge is 2.42. The van der Waals surface area contributed by atoms with Crippen LogP contribution >= 0.6 is 0 Å². The van der Waals surface area contributed by atoms with E-state index in [9.17, 15) is 0 Å². The first-order chi connectivity index (χ1) is 10.5. The SMILES string of the molecule is CCC(N=NC(CC)C(C#N)(C#N)C#N)C(C#N)(C#N)C#N. The molecular weight excluding hydrogens is 280 g/mol. The van der Waals surface area contributed by atoms with E-state index in [4.69, 9.17) is 31.6 Å². The van der Waals surface area contributed by atoms with E-state index in [1.165, 1.54) is 0 Å². The Hall–Kier alpha value is -3.46. The molecule has 8 heteroatoms. The van der Waals surface area contributed by atoms with Crippen LogP contribution in [0.5, 0.6) is 0 Å². The average Bonchev–Trinajstić information content (AvgIpc) is 2.58.